The maximum Gasteiger partial charge on any atom is 0.123 e. The molecule has 0 unspecified atom stereocenters. The minimum absolute atomic E-state index is 0.123. The largest absolute Gasteiger partial charge is 0.348 e. The molecule has 0 aromatic heterocycles. The summed E-state index contributed by atoms with van der Waals surface area (Å²) in [6.07, 6.45) is 12.3. The minimum atomic E-state index is -0.267. The number of benzene rings is 3. The van der Waals surface area contributed by atoms with E-state index in [9.17, 15) is 8.78 Å². The molecule has 1 aliphatic carbocycles. The molecule has 1 saturated carbocycles. The molecule has 1 aliphatic heterocycles. The summed E-state index contributed by atoms with van der Waals surface area (Å²) in [4.78, 5) is 2.20. The van der Waals surface area contributed by atoms with Crippen LogP contribution in [-0.2, 0) is 6.42 Å². The van der Waals surface area contributed by atoms with Crippen LogP contribution in [0.5, 0.6) is 0 Å². The molecule has 1 nitrogen and oxygen atoms in total. The molecule has 178 valence electrons. The maximum atomic E-state index is 13.6. The average molecular weight is 468 g/mol. The maximum absolute atomic E-state index is 13.6. The lowest BCUT2D eigenvalue weighted by molar-refractivity contribution is 0.419. The van der Waals surface area contributed by atoms with Crippen molar-refractivity contribution in [3.63, 3.8) is 0 Å². The molecule has 0 spiro atoms. The predicted molar refractivity (Wildman–Crippen MR) is 139 cm³/mol. The predicted octanol–water partition coefficient (Wildman–Crippen LogP) is 8.27. The number of rotatable bonds is 8. The van der Waals surface area contributed by atoms with E-state index < -0.39 is 0 Å². The normalized spacial score (nSPS) is 15.9. The van der Waals surface area contributed by atoms with Gasteiger partial charge in [0.05, 0.1) is 0 Å². The summed E-state index contributed by atoms with van der Waals surface area (Å²) in [6, 6.07) is 22.2. The minimum Gasteiger partial charge on any atom is -0.348 e. The van der Waals surface area contributed by atoms with Gasteiger partial charge >= 0.3 is 0 Å². The van der Waals surface area contributed by atoms with Gasteiger partial charge in [0.15, 0.2) is 0 Å². The second kappa shape index (κ2) is 10.4. The molecule has 1 heterocycles. The van der Waals surface area contributed by atoms with Crippen molar-refractivity contribution in [2.75, 3.05) is 6.54 Å². The second-order valence-electron chi connectivity index (χ2n) is 9.66. The fourth-order valence-corrected chi connectivity index (χ4v) is 5.06. The summed E-state index contributed by atoms with van der Waals surface area (Å²) in [7, 11) is 0. The molecule has 3 aromatic rings. The van der Waals surface area contributed by atoms with E-state index in [4.69, 9.17) is 0 Å². The average Bonchev–Trinajstić information content (AvgIpc) is 2.83. The second-order valence-corrected chi connectivity index (χ2v) is 9.66. The van der Waals surface area contributed by atoms with Gasteiger partial charge in [-0.2, -0.15) is 0 Å². The highest BCUT2D eigenvalue weighted by Gasteiger charge is 2.22. The van der Waals surface area contributed by atoms with Gasteiger partial charge in [0.25, 0.3) is 0 Å². The molecule has 0 radical (unpaired) electrons. The third-order valence-corrected chi connectivity index (χ3v) is 7.27. The summed E-state index contributed by atoms with van der Waals surface area (Å²) >= 11 is 0. The Hall–Kier alpha value is -3.46. The van der Waals surface area contributed by atoms with Crippen LogP contribution in [0.25, 0.3) is 0 Å². The zero-order valence-corrected chi connectivity index (χ0v) is 20.0. The van der Waals surface area contributed by atoms with Gasteiger partial charge in [-0.3, -0.25) is 0 Å². The molecule has 2 aliphatic rings. The van der Waals surface area contributed by atoms with Gasteiger partial charge in [-0.15, -0.1) is 0 Å². The van der Waals surface area contributed by atoms with Crippen molar-refractivity contribution < 1.29 is 8.78 Å². The van der Waals surface area contributed by atoms with Gasteiger partial charge in [0.1, 0.15) is 11.6 Å². The van der Waals surface area contributed by atoms with Crippen LogP contribution in [0.3, 0.4) is 0 Å². The lowest BCUT2D eigenvalue weighted by Gasteiger charge is -2.29. The fraction of sp³-hybridized carbons (Fsp3) is 0.250. The first-order valence-electron chi connectivity index (χ1n) is 12.5. The first kappa shape index (κ1) is 23.3. The Kier molecular flexibility index (Phi) is 6.94. The molecule has 0 N–H and O–H groups in total. The SMILES string of the molecule is C=C1C=CC(C(c2ccc(F)cc2)c2ccc(F)cc2)=CN1CCCc1cccc(C2CCC2)c1. The highest BCUT2D eigenvalue weighted by atomic mass is 19.1. The van der Waals surface area contributed by atoms with Crippen LogP contribution < -0.4 is 0 Å². The number of hydrogen-bond acceptors (Lipinski definition) is 1. The molecule has 5 rings (SSSR count). The Morgan fingerprint density at radius 2 is 1.51 bits per heavy atom. The molecule has 3 heteroatoms. The molecule has 35 heavy (non-hydrogen) atoms. The fourth-order valence-electron chi connectivity index (χ4n) is 5.06. The summed E-state index contributed by atoms with van der Waals surface area (Å²) in [6.45, 7) is 5.10. The van der Waals surface area contributed by atoms with Gasteiger partial charge in [-0.1, -0.05) is 67.6 Å². The molecule has 0 saturated heterocycles. The van der Waals surface area contributed by atoms with E-state index in [0.29, 0.717) is 0 Å². The first-order chi connectivity index (χ1) is 17.1. The van der Waals surface area contributed by atoms with Crippen LogP contribution in [0, 0.1) is 11.6 Å². The number of allylic oxidation sites excluding steroid dienone is 3. The molecular weight excluding hydrogens is 436 g/mol. The van der Waals surface area contributed by atoms with Crippen LogP contribution in [-0.4, -0.2) is 11.4 Å². The van der Waals surface area contributed by atoms with E-state index in [1.807, 2.05) is 6.08 Å². The van der Waals surface area contributed by atoms with Gasteiger partial charge in [0, 0.05) is 24.4 Å². The molecule has 0 bridgehead atoms. The quantitative estimate of drug-likeness (QED) is 0.322. The summed E-state index contributed by atoms with van der Waals surface area (Å²) < 4.78 is 27.3. The summed E-state index contributed by atoms with van der Waals surface area (Å²) in [5.74, 6) is 0.0943. The Labute approximate surface area is 207 Å². The van der Waals surface area contributed by atoms with Gasteiger partial charge in [-0.05, 0) is 89.8 Å². The van der Waals surface area contributed by atoms with Crippen molar-refractivity contribution >= 4 is 0 Å². The molecule has 0 amide bonds. The summed E-state index contributed by atoms with van der Waals surface area (Å²) in [5, 5.41) is 0. The highest BCUT2D eigenvalue weighted by Crippen LogP contribution is 2.37. The summed E-state index contributed by atoms with van der Waals surface area (Å²) in [5.41, 5.74) is 6.84. The topological polar surface area (TPSA) is 3.24 Å². The van der Waals surface area contributed by atoms with E-state index in [1.54, 1.807) is 24.3 Å². The van der Waals surface area contributed by atoms with Crippen LogP contribution in [0.1, 0.15) is 59.8 Å². The van der Waals surface area contributed by atoms with E-state index >= 15 is 0 Å². The smallest absolute Gasteiger partial charge is 0.123 e. The molecule has 0 atom stereocenters. The lowest BCUT2D eigenvalue weighted by atomic mass is 9.79. The van der Waals surface area contributed by atoms with E-state index in [-0.39, 0.29) is 17.6 Å². The molecular formula is C32H31F2N. The van der Waals surface area contributed by atoms with Gasteiger partial charge in [-0.25, -0.2) is 8.78 Å². The number of aryl methyl sites for hydroxylation is 1. The van der Waals surface area contributed by atoms with Crippen molar-refractivity contribution in [1.29, 1.82) is 0 Å². The molecule has 1 fully saturated rings. The van der Waals surface area contributed by atoms with Gasteiger partial charge in [0.2, 0.25) is 0 Å². The third kappa shape index (κ3) is 5.45. The van der Waals surface area contributed by atoms with Crippen molar-refractivity contribution in [3.8, 4) is 0 Å². The number of hydrogen-bond donors (Lipinski definition) is 0. The van der Waals surface area contributed by atoms with Crippen LogP contribution in [0.15, 0.2) is 109 Å². The van der Waals surface area contributed by atoms with Gasteiger partial charge < -0.3 is 4.90 Å². The van der Waals surface area contributed by atoms with Crippen LogP contribution in [0.4, 0.5) is 8.78 Å². The van der Waals surface area contributed by atoms with Crippen molar-refractivity contribution in [2.45, 2.75) is 43.9 Å². The highest BCUT2D eigenvalue weighted by molar-refractivity contribution is 5.48. The lowest BCUT2D eigenvalue weighted by Crippen LogP contribution is -2.21. The van der Waals surface area contributed by atoms with E-state index in [1.165, 1.54) is 54.7 Å². The Morgan fingerprint density at radius 1 is 0.857 bits per heavy atom. The van der Waals surface area contributed by atoms with Crippen LogP contribution in [0.2, 0.25) is 0 Å². The van der Waals surface area contributed by atoms with Crippen molar-refractivity contribution in [1.82, 2.24) is 4.90 Å². The zero-order valence-electron chi connectivity index (χ0n) is 20.0. The third-order valence-electron chi connectivity index (χ3n) is 7.27. The Bertz CT molecular complexity index is 1190. The van der Waals surface area contributed by atoms with Crippen molar-refractivity contribution in [2.24, 2.45) is 0 Å². The van der Waals surface area contributed by atoms with Crippen LogP contribution >= 0.6 is 0 Å². The monoisotopic (exact) mass is 467 g/mol. The van der Waals surface area contributed by atoms with E-state index in [2.05, 4.69) is 48.0 Å². The number of nitrogens with zero attached hydrogens (tertiary/aromatic N) is 1. The molecule has 3 aromatic carbocycles. The van der Waals surface area contributed by atoms with E-state index in [0.717, 1.165) is 47.7 Å². The Balaban J connectivity index is 1.33. The van der Waals surface area contributed by atoms with Crippen molar-refractivity contribution in [3.05, 3.63) is 143 Å². The standard InChI is InChI=1S/C32H31F2N/c1-23-10-11-29(32(26-12-16-30(33)17-13-26)27-14-18-31(34)19-15-27)22-35(23)20-4-6-24-5-2-9-28(21-24)25-7-3-8-25/h2,5,9-19,21-22,25,32H,1,3-4,6-8,20H2. The Morgan fingerprint density at radius 3 is 2.11 bits per heavy atom. The zero-order chi connectivity index (χ0) is 24.2. The number of halogens is 2. The first-order valence-corrected chi connectivity index (χ1v) is 12.5.